The van der Waals surface area contributed by atoms with Gasteiger partial charge in [-0.05, 0) is 19.8 Å². The first kappa shape index (κ1) is 28.7. The topological polar surface area (TPSA) is 57.8 Å². The first-order valence-corrected chi connectivity index (χ1v) is 14.0. The molecule has 1 unspecified atom stereocenters. The highest BCUT2D eigenvalue weighted by Gasteiger charge is 2.12. The third-order valence-corrected chi connectivity index (χ3v) is 6.52. The van der Waals surface area contributed by atoms with Gasteiger partial charge in [0.15, 0.2) is 0 Å². The fraction of sp³-hybridized carbons (Fsp3) is 0.857. The molecule has 0 aliphatic carbocycles. The number of aromatic amines is 1. The molecule has 0 aliphatic heterocycles. The Kier molecular flexibility index (Phi) is 18.2. The molecule has 0 saturated carbocycles. The van der Waals surface area contributed by atoms with E-state index in [1.54, 1.807) is 0 Å². The monoisotopic (exact) mass is 447 g/mol. The lowest BCUT2D eigenvalue weighted by Crippen LogP contribution is -2.26. The molecular formula is C28H53N3O. The zero-order chi connectivity index (χ0) is 23.3. The fourth-order valence-electron chi connectivity index (χ4n) is 4.32. The normalized spacial score (nSPS) is 12.2. The van der Waals surface area contributed by atoms with Crippen LogP contribution >= 0.6 is 0 Å². The number of amides is 1. The van der Waals surface area contributed by atoms with Crippen LogP contribution in [-0.4, -0.2) is 15.9 Å². The third-order valence-electron chi connectivity index (χ3n) is 6.52. The highest BCUT2D eigenvalue weighted by Crippen LogP contribution is 2.14. The van der Waals surface area contributed by atoms with Crippen molar-refractivity contribution < 1.29 is 4.79 Å². The molecule has 32 heavy (non-hydrogen) atoms. The van der Waals surface area contributed by atoms with Crippen molar-refractivity contribution in [2.24, 2.45) is 0 Å². The molecule has 0 aromatic carbocycles. The van der Waals surface area contributed by atoms with Crippen LogP contribution in [0.15, 0.2) is 6.20 Å². The Hall–Kier alpha value is -1.32. The predicted molar refractivity (Wildman–Crippen MR) is 138 cm³/mol. The molecule has 1 heterocycles. The third kappa shape index (κ3) is 15.5. The van der Waals surface area contributed by atoms with Crippen molar-refractivity contribution in [3.05, 3.63) is 17.7 Å². The first-order chi connectivity index (χ1) is 15.7. The standard InChI is InChI=1S/C28H53N3O/c1-4-6-8-10-12-14-16-18-20-22-27-29-24-26(31-27)25(3)30-28(32)23-21-19-17-15-13-11-9-7-5-2/h24-25H,4-23H2,1-3H3,(H,29,31)(H,30,32). The van der Waals surface area contributed by atoms with Crippen molar-refractivity contribution in [1.29, 1.82) is 0 Å². The fourth-order valence-corrected chi connectivity index (χ4v) is 4.32. The molecular weight excluding hydrogens is 394 g/mol. The Bertz CT molecular complexity index is 555. The molecule has 1 aromatic rings. The van der Waals surface area contributed by atoms with E-state index >= 15 is 0 Å². The summed E-state index contributed by atoms with van der Waals surface area (Å²) in [4.78, 5) is 20.2. The van der Waals surface area contributed by atoms with E-state index in [4.69, 9.17) is 0 Å². The van der Waals surface area contributed by atoms with E-state index < -0.39 is 0 Å². The number of rotatable bonds is 22. The molecule has 4 heteroatoms. The Morgan fingerprint density at radius 3 is 1.78 bits per heavy atom. The Balaban J connectivity index is 2.05. The number of nitrogens with zero attached hydrogens (tertiary/aromatic N) is 1. The van der Waals surface area contributed by atoms with Crippen LogP contribution in [0, 0.1) is 0 Å². The SMILES string of the molecule is CCCCCCCCCCCC(=O)NC(C)c1cnc(CCCCCCCCCCC)[nH]1. The second-order valence-corrected chi connectivity index (χ2v) is 9.73. The summed E-state index contributed by atoms with van der Waals surface area (Å²) >= 11 is 0. The highest BCUT2D eigenvalue weighted by molar-refractivity contribution is 5.76. The van der Waals surface area contributed by atoms with Crippen LogP contribution in [0.1, 0.15) is 160 Å². The van der Waals surface area contributed by atoms with Gasteiger partial charge in [0.1, 0.15) is 5.82 Å². The zero-order valence-corrected chi connectivity index (χ0v) is 21.7. The molecule has 1 rings (SSSR count). The number of H-pyrrole nitrogens is 1. The molecule has 1 amide bonds. The van der Waals surface area contributed by atoms with E-state index in [-0.39, 0.29) is 11.9 Å². The second-order valence-electron chi connectivity index (χ2n) is 9.73. The molecule has 186 valence electrons. The number of aromatic nitrogens is 2. The van der Waals surface area contributed by atoms with Crippen LogP contribution in [0.25, 0.3) is 0 Å². The zero-order valence-electron chi connectivity index (χ0n) is 21.7. The minimum atomic E-state index is 0.00503. The van der Waals surface area contributed by atoms with Crippen molar-refractivity contribution in [3.63, 3.8) is 0 Å². The van der Waals surface area contributed by atoms with Crippen molar-refractivity contribution in [2.45, 2.75) is 155 Å². The molecule has 1 atom stereocenters. The van der Waals surface area contributed by atoms with Gasteiger partial charge >= 0.3 is 0 Å². The van der Waals surface area contributed by atoms with Crippen LogP contribution in [0.3, 0.4) is 0 Å². The van der Waals surface area contributed by atoms with Gasteiger partial charge < -0.3 is 10.3 Å². The Morgan fingerprint density at radius 2 is 1.25 bits per heavy atom. The number of hydrogen-bond donors (Lipinski definition) is 2. The second kappa shape index (κ2) is 20.3. The van der Waals surface area contributed by atoms with Gasteiger partial charge in [-0.15, -0.1) is 0 Å². The predicted octanol–water partition coefficient (Wildman–Crippen LogP) is 8.58. The van der Waals surface area contributed by atoms with Gasteiger partial charge in [0, 0.05) is 12.8 Å². The molecule has 0 radical (unpaired) electrons. The molecule has 0 saturated heterocycles. The Labute approximate surface area is 199 Å². The van der Waals surface area contributed by atoms with Crippen molar-refractivity contribution >= 4 is 5.91 Å². The van der Waals surface area contributed by atoms with Crippen LogP contribution in [-0.2, 0) is 11.2 Å². The van der Waals surface area contributed by atoms with E-state index in [2.05, 4.69) is 29.1 Å². The van der Waals surface area contributed by atoms with Gasteiger partial charge in [-0.25, -0.2) is 4.98 Å². The van der Waals surface area contributed by atoms with Gasteiger partial charge in [-0.2, -0.15) is 0 Å². The molecule has 0 bridgehead atoms. The van der Waals surface area contributed by atoms with Crippen LogP contribution in [0.4, 0.5) is 0 Å². The Morgan fingerprint density at radius 1 is 0.781 bits per heavy atom. The lowest BCUT2D eigenvalue weighted by atomic mass is 10.1. The summed E-state index contributed by atoms with van der Waals surface area (Å²) in [5, 5.41) is 3.13. The lowest BCUT2D eigenvalue weighted by Gasteiger charge is -2.12. The summed E-state index contributed by atoms with van der Waals surface area (Å²) in [5.41, 5.74) is 1.02. The summed E-state index contributed by atoms with van der Waals surface area (Å²) in [7, 11) is 0. The maximum absolute atomic E-state index is 12.3. The average molecular weight is 448 g/mol. The summed E-state index contributed by atoms with van der Waals surface area (Å²) < 4.78 is 0. The number of carbonyl (C=O) groups is 1. The molecule has 0 spiro atoms. The minimum absolute atomic E-state index is 0.00503. The maximum atomic E-state index is 12.3. The smallest absolute Gasteiger partial charge is 0.220 e. The lowest BCUT2D eigenvalue weighted by molar-refractivity contribution is -0.121. The maximum Gasteiger partial charge on any atom is 0.220 e. The number of carbonyl (C=O) groups excluding carboxylic acids is 1. The van der Waals surface area contributed by atoms with Gasteiger partial charge in [0.05, 0.1) is 17.9 Å². The summed E-state index contributed by atoms with van der Waals surface area (Å²) in [6.45, 7) is 6.58. The molecule has 0 fully saturated rings. The molecule has 2 N–H and O–H groups in total. The van der Waals surface area contributed by atoms with Crippen molar-refractivity contribution in [3.8, 4) is 0 Å². The van der Waals surface area contributed by atoms with Crippen LogP contribution in [0.5, 0.6) is 0 Å². The van der Waals surface area contributed by atoms with E-state index in [1.165, 1.54) is 109 Å². The van der Waals surface area contributed by atoms with Crippen LogP contribution < -0.4 is 5.32 Å². The van der Waals surface area contributed by atoms with Gasteiger partial charge in [0.25, 0.3) is 0 Å². The number of hydrogen-bond acceptors (Lipinski definition) is 2. The molecule has 4 nitrogen and oxygen atoms in total. The van der Waals surface area contributed by atoms with E-state index in [9.17, 15) is 4.79 Å². The van der Waals surface area contributed by atoms with E-state index in [0.29, 0.717) is 6.42 Å². The summed E-state index contributed by atoms with van der Waals surface area (Å²) in [5.74, 6) is 1.22. The quantitative estimate of drug-likeness (QED) is 0.175. The van der Waals surface area contributed by atoms with Crippen molar-refractivity contribution in [1.82, 2.24) is 15.3 Å². The summed E-state index contributed by atoms with van der Waals surface area (Å²) in [6.07, 6.45) is 27.2. The van der Waals surface area contributed by atoms with E-state index in [0.717, 1.165) is 24.4 Å². The number of aryl methyl sites for hydroxylation is 1. The molecule has 1 aromatic heterocycles. The van der Waals surface area contributed by atoms with Gasteiger partial charge in [-0.3, -0.25) is 4.79 Å². The molecule has 0 aliphatic rings. The van der Waals surface area contributed by atoms with E-state index in [1.807, 2.05) is 13.1 Å². The minimum Gasteiger partial charge on any atom is -0.348 e. The highest BCUT2D eigenvalue weighted by atomic mass is 16.1. The van der Waals surface area contributed by atoms with Crippen molar-refractivity contribution in [2.75, 3.05) is 0 Å². The number of unbranched alkanes of at least 4 members (excludes halogenated alkanes) is 16. The first-order valence-electron chi connectivity index (χ1n) is 14.0. The largest absolute Gasteiger partial charge is 0.348 e. The van der Waals surface area contributed by atoms with Gasteiger partial charge in [0.2, 0.25) is 5.91 Å². The summed E-state index contributed by atoms with van der Waals surface area (Å²) in [6, 6.07) is 0.00503. The number of imidazole rings is 1. The van der Waals surface area contributed by atoms with Gasteiger partial charge in [-0.1, -0.05) is 117 Å². The average Bonchev–Trinajstić information content (AvgIpc) is 3.26. The van der Waals surface area contributed by atoms with Crippen LogP contribution in [0.2, 0.25) is 0 Å². The number of nitrogens with one attached hydrogen (secondary N) is 2.